The monoisotopic (exact) mass is 423 g/mol. The summed E-state index contributed by atoms with van der Waals surface area (Å²) in [4.78, 5) is 30.4. The first-order chi connectivity index (χ1) is 13.9. The Morgan fingerprint density at radius 2 is 1.90 bits per heavy atom. The maximum atomic E-state index is 12.5. The molecule has 0 spiro atoms. The molecule has 4 rings (SSSR count). The van der Waals surface area contributed by atoms with E-state index in [0.717, 1.165) is 27.4 Å². The summed E-state index contributed by atoms with van der Waals surface area (Å²) in [5, 5.41) is 7.76. The second-order valence-electron chi connectivity index (χ2n) is 7.13. The van der Waals surface area contributed by atoms with Gasteiger partial charge in [-0.25, -0.2) is 4.98 Å². The minimum Gasteiger partial charge on any atom is -0.324 e. The largest absolute Gasteiger partial charge is 0.324 e. The zero-order valence-electron chi connectivity index (χ0n) is 16.4. The van der Waals surface area contributed by atoms with Gasteiger partial charge in [-0.05, 0) is 55.7 Å². The standard InChI is InChI=1S/C22H21N3O2S2/c1-12-8-14(3)15(9-13(12)2)17-11-28-22(24-17)25-20(26)10-19-21(27)23-16-6-4-5-7-18(16)29-19/h4-9,11,19H,10H2,1-3H3,(H,23,27)(H,24,25,26). The van der Waals surface area contributed by atoms with Crippen LogP contribution in [0.5, 0.6) is 0 Å². The molecule has 1 aliphatic rings. The molecule has 5 nitrogen and oxygen atoms in total. The number of amides is 2. The number of anilines is 2. The molecule has 1 atom stereocenters. The highest BCUT2D eigenvalue weighted by Crippen LogP contribution is 2.37. The molecule has 0 bridgehead atoms. The van der Waals surface area contributed by atoms with Gasteiger partial charge in [0.2, 0.25) is 11.8 Å². The minimum atomic E-state index is -0.452. The molecule has 0 aliphatic carbocycles. The van der Waals surface area contributed by atoms with Gasteiger partial charge in [0, 0.05) is 22.3 Å². The van der Waals surface area contributed by atoms with Crippen molar-refractivity contribution < 1.29 is 9.59 Å². The molecule has 2 aromatic carbocycles. The third-order valence-electron chi connectivity index (χ3n) is 4.94. The Morgan fingerprint density at radius 1 is 1.14 bits per heavy atom. The molecule has 1 unspecified atom stereocenters. The van der Waals surface area contributed by atoms with Crippen molar-refractivity contribution in [3.63, 3.8) is 0 Å². The van der Waals surface area contributed by atoms with Gasteiger partial charge < -0.3 is 10.6 Å². The van der Waals surface area contributed by atoms with E-state index in [1.54, 1.807) is 0 Å². The van der Waals surface area contributed by atoms with Crippen LogP contribution in [0.4, 0.5) is 10.8 Å². The zero-order chi connectivity index (χ0) is 20.5. The van der Waals surface area contributed by atoms with Gasteiger partial charge in [0.15, 0.2) is 5.13 Å². The molecule has 2 amide bonds. The predicted octanol–water partition coefficient (Wildman–Crippen LogP) is 5.18. The molecule has 2 N–H and O–H groups in total. The molecule has 29 heavy (non-hydrogen) atoms. The second kappa shape index (κ2) is 8.00. The Morgan fingerprint density at radius 3 is 2.72 bits per heavy atom. The number of rotatable bonds is 4. The Balaban J connectivity index is 1.44. The van der Waals surface area contributed by atoms with Crippen LogP contribution >= 0.6 is 23.1 Å². The lowest BCUT2D eigenvalue weighted by atomic mass is 9.99. The summed E-state index contributed by atoms with van der Waals surface area (Å²) in [6.07, 6.45) is 0.0996. The van der Waals surface area contributed by atoms with Gasteiger partial charge in [0.25, 0.3) is 0 Å². The van der Waals surface area contributed by atoms with E-state index in [4.69, 9.17) is 0 Å². The summed E-state index contributed by atoms with van der Waals surface area (Å²) >= 11 is 2.81. The molecule has 3 aromatic rings. The average Bonchev–Trinajstić information content (AvgIpc) is 3.13. The molecule has 0 radical (unpaired) electrons. The van der Waals surface area contributed by atoms with Crippen LogP contribution in [-0.4, -0.2) is 22.0 Å². The van der Waals surface area contributed by atoms with Crippen LogP contribution < -0.4 is 10.6 Å². The molecule has 148 valence electrons. The van der Waals surface area contributed by atoms with Crippen molar-refractivity contribution in [3.8, 4) is 11.3 Å². The second-order valence-corrected chi connectivity index (χ2v) is 9.24. The molecule has 0 saturated carbocycles. The molecule has 7 heteroatoms. The fourth-order valence-corrected chi connectivity index (χ4v) is 5.09. The highest BCUT2D eigenvalue weighted by molar-refractivity contribution is 8.01. The average molecular weight is 424 g/mol. The number of aromatic nitrogens is 1. The number of para-hydroxylation sites is 1. The Hall–Kier alpha value is -2.64. The maximum Gasteiger partial charge on any atom is 0.238 e. The quantitative estimate of drug-likeness (QED) is 0.607. The summed E-state index contributed by atoms with van der Waals surface area (Å²) in [6, 6.07) is 11.9. The normalized spacial score (nSPS) is 15.6. The molecule has 2 heterocycles. The van der Waals surface area contributed by atoms with Gasteiger partial charge in [0.1, 0.15) is 0 Å². The first-order valence-electron chi connectivity index (χ1n) is 9.31. The van der Waals surface area contributed by atoms with Gasteiger partial charge in [-0.2, -0.15) is 0 Å². The summed E-state index contributed by atoms with van der Waals surface area (Å²) in [5.74, 6) is -0.357. The zero-order valence-corrected chi connectivity index (χ0v) is 18.0. The minimum absolute atomic E-state index is 0.0996. The number of aryl methyl sites for hydroxylation is 3. The van der Waals surface area contributed by atoms with Crippen molar-refractivity contribution >= 4 is 45.7 Å². The lowest BCUT2D eigenvalue weighted by molar-refractivity contribution is -0.120. The van der Waals surface area contributed by atoms with Gasteiger partial charge >= 0.3 is 0 Å². The highest BCUT2D eigenvalue weighted by atomic mass is 32.2. The molecule has 1 aliphatic heterocycles. The molecule has 1 aromatic heterocycles. The number of thiazole rings is 1. The number of carbonyl (C=O) groups is 2. The van der Waals surface area contributed by atoms with Gasteiger partial charge in [0.05, 0.1) is 16.6 Å². The number of fused-ring (bicyclic) bond motifs is 1. The van der Waals surface area contributed by atoms with Crippen LogP contribution in [0.15, 0.2) is 46.7 Å². The number of hydrogen-bond acceptors (Lipinski definition) is 5. The van der Waals surface area contributed by atoms with E-state index < -0.39 is 5.25 Å². The third-order valence-corrected chi connectivity index (χ3v) is 6.98. The summed E-state index contributed by atoms with van der Waals surface area (Å²) < 4.78 is 0. The fourth-order valence-electron chi connectivity index (χ4n) is 3.26. The summed E-state index contributed by atoms with van der Waals surface area (Å²) in [5.41, 5.74) is 6.34. The molecular weight excluding hydrogens is 402 g/mol. The lowest BCUT2D eigenvalue weighted by Crippen LogP contribution is -2.32. The Kier molecular flexibility index (Phi) is 5.43. The van der Waals surface area contributed by atoms with Crippen molar-refractivity contribution in [3.05, 3.63) is 58.5 Å². The number of nitrogens with zero attached hydrogens (tertiary/aromatic N) is 1. The van der Waals surface area contributed by atoms with Crippen LogP contribution in [0.3, 0.4) is 0 Å². The van der Waals surface area contributed by atoms with E-state index in [0.29, 0.717) is 5.13 Å². The van der Waals surface area contributed by atoms with Gasteiger partial charge in [-0.1, -0.05) is 18.2 Å². The van der Waals surface area contributed by atoms with Crippen molar-refractivity contribution in [2.24, 2.45) is 0 Å². The third kappa shape index (κ3) is 4.21. The van der Waals surface area contributed by atoms with Gasteiger partial charge in [-0.3, -0.25) is 9.59 Å². The topological polar surface area (TPSA) is 71.1 Å². The van der Waals surface area contributed by atoms with Crippen LogP contribution in [0, 0.1) is 20.8 Å². The fraction of sp³-hybridized carbons (Fsp3) is 0.227. The van der Waals surface area contributed by atoms with Crippen molar-refractivity contribution in [1.29, 1.82) is 0 Å². The SMILES string of the molecule is Cc1cc(C)c(-c2csc(NC(=O)CC3Sc4ccccc4NC3=O)n2)cc1C. The van der Waals surface area contributed by atoms with E-state index >= 15 is 0 Å². The van der Waals surface area contributed by atoms with E-state index in [9.17, 15) is 9.59 Å². The van der Waals surface area contributed by atoms with Crippen LogP contribution in [0.1, 0.15) is 23.1 Å². The molecule has 0 fully saturated rings. The molecular formula is C22H21N3O2S2. The number of benzene rings is 2. The smallest absolute Gasteiger partial charge is 0.238 e. The van der Waals surface area contributed by atoms with Gasteiger partial charge in [-0.15, -0.1) is 23.1 Å². The van der Waals surface area contributed by atoms with Crippen LogP contribution in [-0.2, 0) is 9.59 Å². The Bertz CT molecular complexity index is 1110. The van der Waals surface area contributed by atoms with Crippen molar-refractivity contribution in [2.45, 2.75) is 37.3 Å². The number of thioether (sulfide) groups is 1. The van der Waals surface area contributed by atoms with Crippen LogP contribution in [0.25, 0.3) is 11.3 Å². The molecule has 0 saturated heterocycles. The van der Waals surface area contributed by atoms with Crippen molar-refractivity contribution in [1.82, 2.24) is 4.98 Å². The Labute approximate surface area is 178 Å². The van der Waals surface area contributed by atoms with E-state index in [1.807, 2.05) is 29.6 Å². The number of carbonyl (C=O) groups excluding carboxylic acids is 2. The first-order valence-corrected chi connectivity index (χ1v) is 11.1. The first kappa shape index (κ1) is 19.7. The van der Waals surface area contributed by atoms with E-state index in [2.05, 4.69) is 48.5 Å². The number of hydrogen-bond donors (Lipinski definition) is 2. The predicted molar refractivity (Wildman–Crippen MR) is 120 cm³/mol. The van der Waals surface area contributed by atoms with E-state index in [-0.39, 0.29) is 18.2 Å². The van der Waals surface area contributed by atoms with E-state index in [1.165, 1.54) is 34.2 Å². The summed E-state index contributed by atoms with van der Waals surface area (Å²) in [6.45, 7) is 6.24. The van der Waals surface area contributed by atoms with Crippen LogP contribution in [0.2, 0.25) is 0 Å². The van der Waals surface area contributed by atoms with Crippen molar-refractivity contribution in [2.75, 3.05) is 10.6 Å². The number of nitrogens with one attached hydrogen (secondary N) is 2. The summed E-state index contributed by atoms with van der Waals surface area (Å²) in [7, 11) is 0. The maximum absolute atomic E-state index is 12.5. The highest BCUT2D eigenvalue weighted by Gasteiger charge is 2.29. The lowest BCUT2D eigenvalue weighted by Gasteiger charge is -2.23.